The fourth-order valence-electron chi connectivity index (χ4n) is 2.71. The largest absolute Gasteiger partial charge is 0.481 e. The van der Waals surface area contributed by atoms with Gasteiger partial charge in [0, 0.05) is 15.7 Å². The van der Waals surface area contributed by atoms with E-state index in [2.05, 4.69) is 37.2 Å². The summed E-state index contributed by atoms with van der Waals surface area (Å²) in [6.45, 7) is 3.70. The molecule has 0 aromatic heterocycles. The molecule has 154 valence electrons. The van der Waals surface area contributed by atoms with E-state index in [-0.39, 0.29) is 12.5 Å². The Labute approximate surface area is 191 Å². The molecule has 3 aromatic rings. The number of carbonyl (C=O) groups excluding carboxylic acids is 2. The SMILES string of the molecule is Cc1ccc(NC(=O)c2ccc(OC(=O)COc3ccc(Br)cc3Br)cc2)c(C)c1. The van der Waals surface area contributed by atoms with Crippen molar-refractivity contribution in [3.63, 3.8) is 0 Å². The van der Waals surface area contributed by atoms with Gasteiger partial charge in [0.15, 0.2) is 6.61 Å². The van der Waals surface area contributed by atoms with Gasteiger partial charge in [-0.15, -0.1) is 0 Å². The van der Waals surface area contributed by atoms with Gasteiger partial charge in [0.1, 0.15) is 11.5 Å². The van der Waals surface area contributed by atoms with Gasteiger partial charge in [-0.3, -0.25) is 4.79 Å². The molecule has 7 heteroatoms. The summed E-state index contributed by atoms with van der Waals surface area (Å²) < 4.78 is 12.4. The maximum atomic E-state index is 12.5. The third kappa shape index (κ3) is 5.93. The van der Waals surface area contributed by atoms with Crippen molar-refractivity contribution in [1.29, 1.82) is 0 Å². The number of halogens is 2. The van der Waals surface area contributed by atoms with Crippen molar-refractivity contribution in [3.8, 4) is 11.5 Å². The lowest BCUT2D eigenvalue weighted by atomic mass is 10.1. The highest BCUT2D eigenvalue weighted by Crippen LogP contribution is 2.28. The van der Waals surface area contributed by atoms with Crippen molar-refractivity contribution in [2.45, 2.75) is 13.8 Å². The number of ether oxygens (including phenoxy) is 2. The summed E-state index contributed by atoms with van der Waals surface area (Å²) >= 11 is 6.73. The molecule has 0 unspecified atom stereocenters. The monoisotopic (exact) mass is 531 g/mol. The van der Waals surface area contributed by atoms with Crippen molar-refractivity contribution < 1.29 is 19.1 Å². The number of amides is 1. The number of aryl methyl sites for hydroxylation is 2. The molecule has 1 amide bonds. The minimum Gasteiger partial charge on any atom is -0.481 e. The number of carbonyl (C=O) groups is 2. The Morgan fingerprint density at radius 3 is 2.33 bits per heavy atom. The highest BCUT2D eigenvalue weighted by atomic mass is 79.9. The molecular weight excluding hydrogens is 514 g/mol. The molecule has 0 aliphatic heterocycles. The van der Waals surface area contributed by atoms with Crippen molar-refractivity contribution >= 4 is 49.4 Å². The Kier molecular flexibility index (Phi) is 7.29. The second-order valence-corrected chi connectivity index (χ2v) is 8.40. The zero-order valence-electron chi connectivity index (χ0n) is 16.4. The molecule has 0 heterocycles. The highest BCUT2D eigenvalue weighted by molar-refractivity contribution is 9.11. The van der Waals surface area contributed by atoms with Gasteiger partial charge in [-0.1, -0.05) is 33.6 Å². The number of benzene rings is 3. The summed E-state index contributed by atoms with van der Waals surface area (Å²) in [6, 6.07) is 17.6. The van der Waals surface area contributed by atoms with Gasteiger partial charge < -0.3 is 14.8 Å². The number of hydrogen-bond acceptors (Lipinski definition) is 4. The Morgan fingerprint density at radius 1 is 0.933 bits per heavy atom. The number of anilines is 1. The van der Waals surface area contributed by atoms with Gasteiger partial charge in [0.25, 0.3) is 5.91 Å². The molecular formula is C23H19Br2NO4. The Hall–Kier alpha value is -2.64. The molecule has 1 N–H and O–H groups in total. The minimum atomic E-state index is -0.544. The highest BCUT2D eigenvalue weighted by Gasteiger charge is 2.11. The van der Waals surface area contributed by atoms with Gasteiger partial charge in [-0.2, -0.15) is 0 Å². The number of rotatable bonds is 6. The quantitative estimate of drug-likeness (QED) is 0.309. The zero-order valence-corrected chi connectivity index (χ0v) is 19.5. The molecule has 0 radical (unpaired) electrons. The fourth-order valence-corrected chi connectivity index (χ4v) is 3.87. The summed E-state index contributed by atoms with van der Waals surface area (Å²) in [7, 11) is 0. The van der Waals surface area contributed by atoms with E-state index in [9.17, 15) is 9.59 Å². The molecule has 0 aliphatic rings. The van der Waals surface area contributed by atoms with Gasteiger partial charge in [-0.25, -0.2) is 4.79 Å². The van der Waals surface area contributed by atoms with Gasteiger partial charge in [0.05, 0.1) is 4.47 Å². The third-order valence-electron chi connectivity index (χ3n) is 4.22. The van der Waals surface area contributed by atoms with Crippen molar-refractivity contribution in [1.82, 2.24) is 0 Å². The Morgan fingerprint density at radius 2 is 1.67 bits per heavy atom. The standard InChI is InChI=1S/C23H19Br2NO4/c1-14-3-9-20(15(2)11-14)26-23(28)16-4-7-18(8-5-16)30-22(27)13-29-21-10-6-17(24)12-19(21)25/h3-12H,13H2,1-2H3,(H,26,28). The predicted molar refractivity (Wildman–Crippen MR) is 123 cm³/mol. The summed E-state index contributed by atoms with van der Waals surface area (Å²) in [5, 5.41) is 2.89. The van der Waals surface area contributed by atoms with Gasteiger partial charge in [-0.05, 0) is 83.9 Å². The molecule has 3 aromatic carbocycles. The van der Waals surface area contributed by atoms with E-state index >= 15 is 0 Å². The van der Waals surface area contributed by atoms with Gasteiger partial charge in [0.2, 0.25) is 0 Å². The average Bonchev–Trinajstić information content (AvgIpc) is 2.70. The molecule has 0 saturated heterocycles. The van der Waals surface area contributed by atoms with Crippen LogP contribution in [0.5, 0.6) is 11.5 Å². The van der Waals surface area contributed by atoms with E-state index < -0.39 is 5.97 Å². The normalized spacial score (nSPS) is 10.4. The minimum absolute atomic E-state index is 0.233. The van der Waals surface area contributed by atoms with Crippen LogP contribution in [0.4, 0.5) is 5.69 Å². The van der Waals surface area contributed by atoms with E-state index in [0.29, 0.717) is 17.1 Å². The molecule has 0 bridgehead atoms. The lowest BCUT2D eigenvalue weighted by Gasteiger charge is -2.10. The van der Waals surface area contributed by atoms with Crippen LogP contribution in [-0.4, -0.2) is 18.5 Å². The third-order valence-corrected chi connectivity index (χ3v) is 5.33. The van der Waals surface area contributed by atoms with E-state index in [0.717, 1.165) is 25.8 Å². The smallest absolute Gasteiger partial charge is 0.349 e. The van der Waals surface area contributed by atoms with E-state index in [1.807, 2.05) is 44.2 Å². The summed E-state index contributed by atoms with van der Waals surface area (Å²) in [5.74, 6) is 0.0932. The molecule has 30 heavy (non-hydrogen) atoms. The van der Waals surface area contributed by atoms with Crippen LogP contribution in [0.3, 0.4) is 0 Å². The maximum Gasteiger partial charge on any atom is 0.349 e. The first-order valence-corrected chi connectivity index (χ1v) is 10.7. The maximum absolute atomic E-state index is 12.5. The molecule has 0 spiro atoms. The van der Waals surface area contributed by atoms with Crippen LogP contribution >= 0.6 is 31.9 Å². The van der Waals surface area contributed by atoms with E-state index in [4.69, 9.17) is 9.47 Å². The molecule has 0 aliphatic carbocycles. The zero-order chi connectivity index (χ0) is 21.7. The van der Waals surface area contributed by atoms with Crippen molar-refractivity contribution in [2.24, 2.45) is 0 Å². The Bertz CT molecular complexity index is 1080. The van der Waals surface area contributed by atoms with Crippen LogP contribution < -0.4 is 14.8 Å². The fraction of sp³-hybridized carbons (Fsp3) is 0.130. The summed E-state index contributed by atoms with van der Waals surface area (Å²) in [6.07, 6.45) is 0. The van der Waals surface area contributed by atoms with Crippen LogP contribution in [-0.2, 0) is 4.79 Å². The molecule has 0 fully saturated rings. The lowest BCUT2D eigenvalue weighted by molar-refractivity contribution is -0.136. The lowest BCUT2D eigenvalue weighted by Crippen LogP contribution is -2.18. The van der Waals surface area contributed by atoms with Crippen molar-refractivity contribution in [3.05, 3.63) is 86.3 Å². The van der Waals surface area contributed by atoms with Crippen LogP contribution in [0.15, 0.2) is 69.6 Å². The van der Waals surface area contributed by atoms with Crippen LogP contribution in [0.2, 0.25) is 0 Å². The van der Waals surface area contributed by atoms with Crippen LogP contribution in [0, 0.1) is 13.8 Å². The number of hydrogen-bond donors (Lipinski definition) is 1. The second kappa shape index (κ2) is 9.91. The topological polar surface area (TPSA) is 64.6 Å². The average molecular weight is 533 g/mol. The Balaban J connectivity index is 1.55. The van der Waals surface area contributed by atoms with Crippen LogP contribution in [0.1, 0.15) is 21.5 Å². The summed E-state index contributed by atoms with van der Waals surface area (Å²) in [5.41, 5.74) is 3.35. The predicted octanol–water partition coefficient (Wildman–Crippen LogP) is 6.07. The number of nitrogens with one attached hydrogen (secondary N) is 1. The first-order valence-electron chi connectivity index (χ1n) is 9.09. The van der Waals surface area contributed by atoms with E-state index in [1.54, 1.807) is 30.3 Å². The first-order chi connectivity index (χ1) is 14.3. The van der Waals surface area contributed by atoms with Gasteiger partial charge >= 0.3 is 5.97 Å². The molecule has 0 atom stereocenters. The van der Waals surface area contributed by atoms with Crippen LogP contribution in [0.25, 0.3) is 0 Å². The summed E-state index contributed by atoms with van der Waals surface area (Å²) in [4.78, 5) is 24.5. The molecule has 0 saturated carbocycles. The first kappa shape index (κ1) is 22.1. The number of esters is 1. The van der Waals surface area contributed by atoms with E-state index in [1.165, 1.54) is 0 Å². The van der Waals surface area contributed by atoms with Crippen molar-refractivity contribution in [2.75, 3.05) is 11.9 Å². The second-order valence-electron chi connectivity index (χ2n) is 6.63. The molecule has 3 rings (SSSR count). The molecule has 5 nitrogen and oxygen atoms in total.